The van der Waals surface area contributed by atoms with Gasteiger partial charge in [0.15, 0.2) is 0 Å². The van der Waals surface area contributed by atoms with Gasteiger partial charge in [-0.2, -0.15) is 0 Å². The third-order valence-electron chi connectivity index (χ3n) is 6.52. The second-order valence-corrected chi connectivity index (χ2v) is 20.4. The van der Waals surface area contributed by atoms with E-state index in [0.29, 0.717) is 9.79 Å². The first kappa shape index (κ1) is 31.5. The summed E-state index contributed by atoms with van der Waals surface area (Å²) < 4.78 is 57.8. The van der Waals surface area contributed by atoms with E-state index < -0.39 is 20.0 Å². The summed E-state index contributed by atoms with van der Waals surface area (Å²) in [4.78, 5) is 0.587. The number of sulfonamides is 2. The van der Waals surface area contributed by atoms with Gasteiger partial charge in [0.1, 0.15) is 0 Å². The molecule has 0 aliphatic rings. The molecular weight excluding hydrogens is 626 g/mol. The molecule has 0 aromatic heterocycles. The molecule has 0 unspecified atom stereocenters. The summed E-state index contributed by atoms with van der Waals surface area (Å²) in [6, 6.07) is 13.6. The third-order valence-corrected chi connectivity index (χ3v) is 16.7. The molecule has 0 saturated heterocycles. The van der Waals surface area contributed by atoms with Crippen LogP contribution in [0.3, 0.4) is 0 Å². The Hall–Kier alpha value is -0.701. The van der Waals surface area contributed by atoms with E-state index in [4.69, 9.17) is 0 Å². The average molecular weight is 667 g/mol. The van der Waals surface area contributed by atoms with Crippen LogP contribution in [0.15, 0.2) is 58.3 Å². The molecule has 0 radical (unpaired) electrons. The molecule has 6 nitrogen and oxygen atoms in total. The van der Waals surface area contributed by atoms with Crippen molar-refractivity contribution in [3.05, 3.63) is 59.7 Å². The van der Waals surface area contributed by atoms with Gasteiger partial charge in [-0.1, -0.05) is 0 Å². The SMILES string of the molecule is CC[C@H](C)[C@@H](C[Se][Se]C[C@@H](NS(=O)(=O)c1ccc(C)cc1)[C@@H](C)CC)NS(=O)(=O)c1ccc(C)cc1. The zero-order chi connectivity index (χ0) is 26.9. The second-order valence-electron chi connectivity index (χ2n) is 9.42. The molecule has 36 heavy (non-hydrogen) atoms. The predicted molar refractivity (Wildman–Crippen MR) is 151 cm³/mol. The van der Waals surface area contributed by atoms with Crippen molar-refractivity contribution >= 4 is 46.3 Å². The van der Waals surface area contributed by atoms with Crippen LogP contribution in [-0.2, 0) is 20.0 Å². The van der Waals surface area contributed by atoms with E-state index in [1.807, 2.05) is 38.1 Å². The van der Waals surface area contributed by atoms with E-state index in [0.717, 1.165) is 34.6 Å². The molecule has 2 N–H and O–H groups in total. The predicted octanol–water partition coefficient (Wildman–Crippen LogP) is 4.55. The third kappa shape index (κ3) is 9.55. The maximum atomic E-state index is 13.0. The van der Waals surface area contributed by atoms with Crippen LogP contribution >= 0.6 is 0 Å². The Kier molecular flexibility index (Phi) is 12.7. The molecule has 0 amide bonds. The number of nitrogens with one attached hydrogen (secondary N) is 2. The fourth-order valence-corrected chi connectivity index (χ4v) is 14.6. The number of aryl methyl sites for hydroxylation is 2. The molecule has 0 aliphatic heterocycles. The summed E-state index contributed by atoms with van der Waals surface area (Å²) in [5.74, 6) is 0.432. The first-order valence-electron chi connectivity index (χ1n) is 12.3. The second kappa shape index (κ2) is 14.5. The molecule has 2 aromatic carbocycles. The van der Waals surface area contributed by atoms with E-state index in [1.165, 1.54) is 0 Å². The zero-order valence-electron chi connectivity index (χ0n) is 22.0. The van der Waals surface area contributed by atoms with Crippen molar-refractivity contribution in [1.82, 2.24) is 9.44 Å². The molecule has 202 valence electrons. The summed E-state index contributed by atoms with van der Waals surface area (Å²) >= 11 is 0.468. The average Bonchev–Trinajstić information content (AvgIpc) is 2.84. The van der Waals surface area contributed by atoms with Gasteiger partial charge >= 0.3 is 231 Å². The molecule has 2 aromatic rings. The van der Waals surface area contributed by atoms with Gasteiger partial charge in [-0.3, -0.25) is 0 Å². The van der Waals surface area contributed by atoms with E-state index in [1.54, 1.807) is 24.3 Å². The summed E-state index contributed by atoms with van der Waals surface area (Å²) in [7, 11) is -7.17. The van der Waals surface area contributed by atoms with Gasteiger partial charge in [0, 0.05) is 0 Å². The fourth-order valence-electron chi connectivity index (χ4n) is 3.41. The van der Waals surface area contributed by atoms with Crippen LogP contribution in [0.4, 0.5) is 0 Å². The van der Waals surface area contributed by atoms with Gasteiger partial charge in [-0.05, 0) is 0 Å². The molecule has 4 atom stereocenters. The van der Waals surface area contributed by atoms with Crippen molar-refractivity contribution in [3.8, 4) is 0 Å². The Morgan fingerprint density at radius 3 is 1.22 bits per heavy atom. The van der Waals surface area contributed by atoms with Crippen LogP contribution in [0, 0.1) is 25.7 Å². The summed E-state index contributed by atoms with van der Waals surface area (Å²) in [5.41, 5.74) is 2.04. The number of benzene rings is 2. The Morgan fingerprint density at radius 2 is 0.944 bits per heavy atom. The summed E-state index contributed by atoms with van der Waals surface area (Å²) in [6.07, 6.45) is 1.77. The monoisotopic (exact) mass is 668 g/mol. The van der Waals surface area contributed by atoms with Gasteiger partial charge in [0.05, 0.1) is 0 Å². The molecule has 2 rings (SSSR count). The summed E-state index contributed by atoms with van der Waals surface area (Å²) in [5, 5.41) is 1.59. The molecule has 0 fully saturated rings. The van der Waals surface area contributed by atoms with Gasteiger partial charge in [-0.25, -0.2) is 0 Å². The maximum absolute atomic E-state index is 13.0. The van der Waals surface area contributed by atoms with E-state index in [2.05, 4.69) is 37.1 Å². The molecule has 10 heteroatoms. The van der Waals surface area contributed by atoms with Crippen LogP contribution in [0.25, 0.3) is 0 Å². The first-order valence-corrected chi connectivity index (χ1v) is 22.0. The van der Waals surface area contributed by atoms with Gasteiger partial charge in [0.2, 0.25) is 0 Å². The van der Waals surface area contributed by atoms with Crippen molar-refractivity contribution in [2.75, 3.05) is 0 Å². The van der Waals surface area contributed by atoms with Crippen LogP contribution in [-0.4, -0.2) is 55.2 Å². The molecule has 0 bridgehead atoms. The quantitative estimate of drug-likeness (QED) is 0.216. The minimum absolute atomic E-state index is 0.130. The van der Waals surface area contributed by atoms with E-state index in [9.17, 15) is 16.8 Å². The fraction of sp³-hybridized carbons (Fsp3) is 0.538. The number of hydrogen-bond acceptors (Lipinski definition) is 4. The van der Waals surface area contributed by atoms with E-state index in [-0.39, 0.29) is 50.2 Å². The number of rotatable bonds is 15. The van der Waals surface area contributed by atoms with Crippen LogP contribution < -0.4 is 9.44 Å². The Morgan fingerprint density at radius 1 is 0.639 bits per heavy atom. The Labute approximate surface area is 229 Å². The standard InChI is InChI=1S/C26H40N2O4S2Se2/c1-7-21(5)25(27-33(29,30)23-13-9-19(3)10-14-23)17-35-36-18-26(22(6)8-2)28-34(31,32)24-15-11-20(4)12-16-24/h9-16,21-22,25-28H,7-8,17-18H2,1-6H3/t21-,22-,25+,26+/m0/s1. The Bertz CT molecular complexity index is 1060. The zero-order valence-corrected chi connectivity index (χ0v) is 27.1. The minimum atomic E-state index is -3.58. The van der Waals surface area contributed by atoms with Crippen molar-refractivity contribution in [2.45, 2.75) is 86.9 Å². The van der Waals surface area contributed by atoms with Crippen molar-refractivity contribution in [3.63, 3.8) is 0 Å². The molecule has 0 aliphatic carbocycles. The van der Waals surface area contributed by atoms with Crippen molar-refractivity contribution < 1.29 is 16.8 Å². The van der Waals surface area contributed by atoms with Gasteiger partial charge in [-0.15, -0.1) is 0 Å². The molecule has 0 spiro atoms. The molecule has 0 heterocycles. The first-order chi connectivity index (χ1) is 16.9. The number of hydrogen-bond donors (Lipinski definition) is 2. The van der Waals surface area contributed by atoms with Crippen molar-refractivity contribution in [2.24, 2.45) is 11.8 Å². The Balaban J connectivity index is 2.02. The topological polar surface area (TPSA) is 92.3 Å². The van der Waals surface area contributed by atoms with Crippen LogP contribution in [0.2, 0.25) is 10.6 Å². The van der Waals surface area contributed by atoms with Crippen LogP contribution in [0.1, 0.15) is 51.7 Å². The van der Waals surface area contributed by atoms with Gasteiger partial charge in [0.25, 0.3) is 0 Å². The molecule has 0 saturated carbocycles. The normalized spacial score (nSPS) is 15.8. The van der Waals surface area contributed by atoms with E-state index >= 15 is 0 Å². The van der Waals surface area contributed by atoms with Crippen molar-refractivity contribution in [1.29, 1.82) is 0 Å². The van der Waals surface area contributed by atoms with Gasteiger partial charge < -0.3 is 0 Å². The van der Waals surface area contributed by atoms with Crippen LogP contribution in [0.5, 0.6) is 0 Å². The summed E-state index contributed by atoms with van der Waals surface area (Å²) in [6.45, 7) is 12.2. The molecular formula is C26H40N2O4S2Se2.